The van der Waals surface area contributed by atoms with Gasteiger partial charge in [0.25, 0.3) is 0 Å². The van der Waals surface area contributed by atoms with Gasteiger partial charge in [0.2, 0.25) is 0 Å². The van der Waals surface area contributed by atoms with E-state index in [9.17, 15) is 5.11 Å². The summed E-state index contributed by atoms with van der Waals surface area (Å²) in [5.74, 6) is 1.09. The molecule has 0 aromatic heterocycles. The number of benzene rings is 2. The SMILES string of the molecule is COc1ccc([C@@H](CN=Cc2cc(Br)ccc2O)[NH+]2CCOCC2)cc1. The number of morpholine rings is 1. The summed E-state index contributed by atoms with van der Waals surface area (Å²) in [5, 5.41) is 9.98. The second-order valence-electron chi connectivity index (χ2n) is 6.29. The minimum atomic E-state index is 0.233. The highest BCUT2D eigenvalue weighted by atomic mass is 79.9. The lowest BCUT2D eigenvalue weighted by Crippen LogP contribution is -3.14. The van der Waals surface area contributed by atoms with Crippen molar-refractivity contribution in [2.75, 3.05) is 40.0 Å². The average molecular weight is 420 g/mol. The largest absolute Gasteiger partial charge is 0.507 e. The first-order chi connectivity index (χ1) is 12.7. The summed E-state index contributed by atoms with van der Waals surface area (Å²) >= 11 is 3.43. The molecule has 0 bridgehead atoms. The summed E-state index contributed by atoms with van der Waals surface area (Å²) in [5.41, 5.74) is 1.95. The van der Waals surface area contributed by atoms with Crippen LogP contribution in [0.4, 0.5) is 0 Å². The van der Waals surface area contributed by atoms with Crippen molar-refractivity contribution in [1.29, 1.82) is 0 Å². The summed E-state index contributed by atoms with van der Waals surface area (Å²) in [6.45, 7) is 4.13. The zero-order valence-corrected chi connectivity index (χ0v) is 16.4. The van der Waals surface area contributed by atoms with Gasteiger partial charge < -0.3 is 19.5 Å². The van der Waals surface area contributed by atoms with Crippen molar-refractivity contribution < 1.29 is 19.5 Å². The van der Waals surface area contributed by atoms with Crippen LogP contribution in [0.1, 0.15) is 17.2 Å². The number of aromatic hydroxyl groups is 1. The maximum Gasteiger partial charge on any atom is 0.133 e. The lowest BCUT2D eigenvalue weighted by atomic mass is 10.0. The number of methoxy groups -OCH3 is 1. The fraction of sp³-hybridized carbons (Fsp3) is 0.350. The predicted octanol–water partition coefficient (Wildman–Crippen LogP) is 2.24. The van der Waals surface area contributed by atoms with E-state index in [4.69, 9.17) is 9.47 Å². The monoisotopic (exact) mass is 419 g/mol. The highest BCUT2D eigenvalue weighted by Gasteiger charge is 2.26. The Labute approximate surface area is 162 Å². The molecule has 2 aromatic carbocycles. The van der Waals surface area contributed by atoms with Crippen LogP contribution in [0.5, 0.6) is 11.5 Å². The van der Waals surface area contributed by atoms with E-state index >= 15 is 0 Å². The Kier molecular flexibility index (Phi) is 6.66. The van der Waals surface area contributed by atoms with Gasteiger partial charge >= 0.3 is 0 Å². The normalized spacial score (nSPS) is 16.7. The number of nitrogens with zero attached hydrogens (tertiary/aromatic N) is 1. The van der Waals surface area contributed by atoms with Gasteiger partial charge in [0.05, 0.1) is 26.9 Å². The van der Waals surface area contributed by atoms with Gasteiger partial charge in [-0.2, -0.15) is 0 Å². The lowest BCUT2D eigenvalue weighted by molar-refractivity contribution is -0.937. The van der Waals surface area contributed by atoms with Crippen molar-refractivity contribution in [2.24, 2.45) is 4.99 Å². The number of hydrogen-bond acceptors (Lipinski definition) is 4. The third-order valence-electron chi connectivity index (χ3n) is 4.65. The predicted molar refractivity (Wildman–Crippen MR) is 106 cm³/mol. The Morgan fingerprint density at radius 1 is 1.23 bits per heavy atom. The standard InChI is InChI=1S/C20H23BrN2O3/c1-25-18-5-2-15(3-6-18)19(23-8-10-26-11-9-23)14-22-13-16-12-17(21)4-7-20(16)24/h2-7,12-13,19,24H,8-11,14H2,1H3/p+1/t19-/m1/s1. The highest BCUT2D eigenvalue weighted by Crippen LogP contribution is 2.21. The molecule has 0 spiro atoms. The summed E-state index contributed by atoms with van der Waals surface area (Å²) in [4.78, 5) is 6.11. The molecule has 0 saturated carbocycles. The quantitative estimate of drug-likeness (QED) is 0.705. The van der Waals surface area contributed by atoms with Gasteiger partial charge in [0, 0.05) is 21.8 Å². The molecule has 0 radical (unpaired) electrons. The first kappa shape index (κ1) is 18.9. The minimum absolute atomic E-state index is 0.233. The first-order valence-electron chi connectivity index (χ1n) is 8.72. The molecular weight excluding hydrogens is 396 g/mol. The van der Waals surface area contributed by atoms with E-state index in [1.54, 1.807) is 19.4 Å². The van der Waals surface area contributed by atoms with Crippen LogP contribution in [0, 0.1) is 0 Å². The van der Waals surface area contributed by atoms with Gasteiger partial charge in [-0.3, -0.25) is 4.99 Å². The third kappa shape index (κ3) is 4.84. The molecule has 2 aromatic rings. The molecule has 5 nitrogen and oxygen atoms in total. The van der Waals surface area contributed by atoms with Crippen molar-refractivity contribution in [3.63, 3.8) is 0 Å². The summed E-state index contributed by atoms with van der Waals surface area (Å²) < 4.78 is 11.7. The number of aliphatic imine (C=N–C) groups is 1. The van der Waals surface area contributed by atoms with Crippen LogP contribution < -0.4 is 9.64 Å². The molecule has 1 atom stereocenters. The van der Waals surface area contributed by atoms with Crippen LogP contribution in [0.15, 0.2) is 51.9 Å². The van der Waals surface area contributed by atoms with Crippen molar-refractivity contribution in [3.8, 4) is 11.5 Å². The summed E-state index contributed by atoms with van der Waals surface area (Å²) in [7, 11) is 1.68. The number of phenolic OH excluding ortho intramolecular Hbond substituents is 1. The minimum Gasteiger partial charge on any atom is -0.507 e. The maximum atomic E-state index is 9.98. The number of quaternary nitrogens is 1. The third-order valence-corrected chi connectivity index (χ3v) is 5.15. The maximum absolute atomic E-state index is 9.98. The Morgan fingerprint density at radius 2 is 1.96 bits per heavy atom. The fourth-order valence-corrected chi connectivity index (χ4v) is 3.55. The number of phenols is 1. The van der Waals surface area contributed by atoms with E-state index in [1.165, 1.54) is 10.5 Å². The van der Waals surface area contributed by atoms with E-state index in [0.29, 0.717) is 12.1 Å². The Balaban J connectivity index is 1.78. The molecule has 3 rings (SSSR count). The highest BCUT2D eigenvalue weighted by molar-refractivity contribution is 9.10. The van der Waals surface area contributed by atoms with Gasteiger partial charge in [-0.15, -0.1) is 0 Å². The molecular formula is C20H24BrN2O3+. The van der Waals surface area contributed by atoms with Crippen LogP contribution in [0.3, 0.4) is 0 Å². The van der Waals surface area contributed by atoms with Crippen LogP contribution in [-0.4, -0.2) is 51.3 Å². The molecule has 2 N–H and O–H groups in total. The number of rotatable bonds is 6. The van der Waals surface area contributed by atoms with Gasteiger partial charge in [-0.05, 0) is 42.5 Å². The van der Waals surface area contributed by atoms with Crippen LogP contribution in [-0.2, 0) is 4.74 Å². The van der Waals surface area contributed by atoms with Crippen LogP contribution in [0.25, 0.3) is 0 Å². The Morgan fingerprint density at radius 3 is 2.65 bits per heavy atom. The molecule has 1 heterocycles. The van der Waals surface area contributed by atoms with E-state index in [-0.39, 0.29) is 11.8 Å². The zero-order chi connectivity index (χ0) is 18.4. The van der Waals surface area contributed by atoms with Gasteiger partial charge in [-0.25, -0.2) is 0 Å². The topological polar surface area (TPSA) is 55.5 Å². The summed E-state index contributed by atoms with van der Waals surface area (Å²) in [6.07, 6.45) is 1.75. The smallest absolute Gasteiger partial charge is 0.133 e. The van der Waals surface area contributed by atoms with E-state index in [1.807, 2.05) is 24.3 Å². The molecule has 0 aliphatic carbocycles. The Hall–Kier alpha value is -1.89. The molecule has 6 heteroatoms. The molecule has 138 valence electrons. The second kappa shape index (κ2) is 9.16. The molecule has 0 amide bonds. The number of nitrogens with one attached hydrogen (secondary N) is 1. The van der Waals surface area contributed by atoms with Crippen molar-refractivity contribution in [1.82, 2.24) is 0 Å². The van der Waals surface area contributed by atoms with Gasteiger partial charge in [-0.1, -0.05) is 15.9 Å². The van der Waals surface area contributed by atoms with Crippen molar-refractivity contribution in [3.05, 3.63) is 58.1 Å². The van der Waals surface area contributed by atoms with E-state index in [0.717, 1.165) is 36.5 Å². The number of ether oxygens (including phenoxy) is 2. The van der Waals surface area contributed by atoms with Crippen molar-refractivity contribution in [2.45, 2.75) is 6.04 Å². The molecule has 0 unspecified atom stereocenters. The molecule has 26 heavy (non-hydrogen) atoms. The molecule has 1 fully saturated rings. The number of hydrogen-bond donors (Lipinski definition) is 2. The molecule has 1 aliphatic rings. The molecule has 1 aliphatic heterocycles. The average Bonchev–Trinajstić information content (AvgIpc) is 2.69. The van der Waals surface area contributed by atoms with E-state index in [2.05, 4.69) is 33.1 Å². The molecule has 1 saturated heterocycles. The second-order valence-corrected chi connectivity index (χ2v) is 7.21. The van der Waals surface area contributed by atoms with Crippen LogP contribution in [0.2, 0.25) is 0 Å². The fourth-order valence-electron chi connectivity index (χ4n) is 3.17. The number of halogens is 1. The lowest BCUT2D eigenvalue weighted by Gasteiger charge is -2.31. The van der Waals surface area contributed by atoms with Crippen LogP contribution >= 0.6 is 15.9 Å². The van der Waals surface area contributed by atoms with Gasteiger partial charge in [0.1, 0.15) is 30.6 Å². The van der Waals surface area contributed by atoms with Crippen molar-refractivity contribution >= 4 is 22.1 Å². The zero-order valence-electron chi connectivity index (χ0n) is 14.8. The Bertz CT molecular complexity index is 743. The summed E-state index contributed by atoms with van der Waals surface area (Å²) in [6, 6.07) is 13.8. The first-order valence-corrected chi connectivity index (χ1v) is 9.51. The van der Waals surface area contributed by atoms with Gasteiger partial charge in [0.15, 0.2) is 0 Å². The van der Waals surface area contributed by atoms with E-state index < -0.39 is 0 Å².